The van der Waals surface area contributed by atoms with Gasteiger partial charge in [0, 0.05) is 16.2 Å². The van der Waals surface area contributed by atoms with Crippen LogP contribution in [0.2, 0.25) is 0 Å². The van der Waals surface area contributed by atoms with E-state index in [2.05, 4.69) is 31.0 Å². The van der Waals surface area contributed by atoms with Gasteiger partial charge in [-0.3, -0.25) is 4.79 Å². The molecule has 0 saturated heterocycles. The average molecular weight is 389 g/mol. The first-order valence-corrected chi connectivity index (χ1v) is 9.38. The maximum absolute atomic E-state index is 13.4. The van der Waals surface area contributed by atoms with Crippen LogP contribution < -0.4 is 10.1 Å². The van der Waals surface area contributed by atoms with Gasteiger partial charge in [-0.1, -0.05) is 37.8 Å². The number of thioether (sulfide) groups is 1. The van der Waals surface area contributed by atoms with Crippen molar-refractivity contribution in [2.24, 2.45) is 0 Å². The Morgan fingerprint density at radius 2 is 1.89 bits per heavy atom. The smallest absolute Gasteiger partial charge is 0.225 e. The second kappa shape index (κ2) is 10.6. The number of benzene rings is 2. The summed E-state index contributed by atoms with van der Waals surface area (Å²) in [5.41, 5.74) is 0.934. The summed E-state index contributed by atoms with van der Waals surface area (Å²) in [6.07, 6.45) is 0.283. The highest BCUT2D eigenvalue weighted by Crippen LogP contribution is 2.23. The normalized spacial score (nSPS) is 10.3. The SMILES string of the molecule is CC(C)Sc1ccc(CC(=O)NCC#CCOc2ccc(F)cc2F)cc1. The summed E-state index contributed by atoms with van der Waals surface area (Å²) < 4.78 is 31.2. The molecule has 1 amide bonds. The molecular weight excluding hydrogens is 368 g/mol. The number of carbonyl (C=O) groups is 1. The molecular formula is C21H21F2NO2S. The van der Waals surface area contributed by atoms with Crippen molar-refractivity contribution in [1.29, 1.82) is 0 Å². The monoisotopic (exact) mass is 389 g/mol. The molecule has 0 aliphatic carbocycles. The molecule has 1 N–H and O–H groups in total. The number of hydrogen-bond acceptors (Lipinski definition) is 3. The van der Waals surface area contributed by atoms with E-state index in [9.17, 15) is 13.6 Å². The third-order valence-corrected chi connectivity index (χ3v) is 4.37. The van der Waals surface area contributed by atoms with Crippen molar-refractivity contribution >= 4 is 17.7 Å². The highest BCUT2D eigenvalue weighted by molar-refractivity contribution is 7.99. The lowest BCUT2D eigenvalue weighted by Gasteiger charge is -2.06. The Morgan fingerprint density at radius 1 is 1.15 bits per heavy atom. The van der Waals surface area contributed by atoms with Crippen LogP contribution in [0, 0.1) is 23.5 Å². The van der Waals surface area contributed by atoms with E-state index < -0.39 is 11.6 Å². The van der Waals surface area contributed by atoms with Crippen LogP contribution in [0.25, 0.3) is 0 Å². The maximum Gasteiger partial charge on any atom is 0.225 e. The number of hydrogen-bond donors (Lipinski definition) is 1. The molecule has 27 heavy (non-hydrogen) atoms. The zero-order chi connectivity index (χ0) is 19.6. The molecule has 0 aliphatic rings. The van der Waals surface area contributed by atoms with E-state index in [1.54, 1.807) is 11.8 Å². The molecule has 6 heteroatoms. The van der Waals surface area contributed by atoms with E-state index in [-0.39, 0.29) is 31.2 Å². The van der Waals surface area contributed by atoms with Crippen LogP contribution in [0.3, 0.4) is 0 Å². The molecule has 142 valence electrons. The summed E-state index contributed by atoms with van der Waals surface area (Å²) in [5.74, 6) is 3.77. The Kier molecular flexibility index (Phi) is 8.15. The third kappa shape index (κ3) is 7.71. The molecule has 0 aliphatic heterocycles. The lowest BCUT2D eigenvalue weighted by molar-refractivity contribution is -0.120. The van der Waals surface area contributed by atoms with E-state index in [1.807, 2.05) is 24.3 Å². The third-order valence-electron chi connectivity index (χ3n) is 3.35. The van der Waals surface area contributed by atoms with Gasteiger partial charge in [0.25, 0.3) is 0 Å². The van der Waals surface area contributed by atoms with Gasteiger partial charge in [0.2, 0.25) is 5.91 Å². The van der Waals surface area contributed by atoms with Gasteiger partial charge in [-0.2, -0.15) is 0 Å². The molecule has 0 bridgehead atoms. The van der Waals surface area contributed by atoms with Crippen molar-refractivity contribution in [3.63, 3.8) is 0 Å². The fourth-order valence-electron chi connectivity index (χ4n) is 2.17. The van der Waals surface area contributed by atoms with Crippen molar-refractivity contribution in [3.8, 4) is 17.6 Å². The molecule has 0 unspecified atom stereocenters. The fourth-order valence-corrected chi connectivity index (χ4v) is 3.01. The van der Waals surface area contributed by atoms with E-state index >= 15 is 0 Å². The summed E-state index contributed by atoms with van der Waals surface area (Å²) in [5, 5.41) is 3.21. The van der Waals surface area contributed by atoms with Crippen molar-refractivity contribution in [3.05, 3.63) is 59.7 Å². The fraction of sp³-hybridized carbons (Fsp3) is 0.286. The Morgan fingerprint density at radius 3 is 2.56 bits per heavy atom. The number of nitrogens with one attached hydrogen (secondary N) is 1. The van der Waals surface area contributed by atoms with Crippen LogP contribution in [-0.4, -0.2) is 24.3 Å². The second-order valence-corrected chi connectivity index (χ2v) is 7.63. The molecule has 0 fully saturated rings. The maximum atomic E-state index is 13.4. The number of carbonyl (C=O) groups excluding carboxylic acids is 1. The quantitative estimate of drug-likeness (QED) is 0.570. The molecule has 2 aromatic rings. The van der Waals surface area contributed by atoms with Gasteiger partial charge in [-0.15, -0.1) is 11.8 Å². The minimum atomic E-state index is -0.775. The average Bonchev–Trinajstić information content (AvgIpc) is 2.61. The molecule has 3 nitrogen and oxygen atoms in total. The molecule has 0 radical (unpaired) electrons. The van der Waals surface area contributed by atoms with Crippen LogP contribution in [-0.2, 0) is 11.2 Å². The summed E-state index contributed by atoms with van der Waals surface area (Å²) in [6.45, 7) is 4.39. The Labute approximate surface area is 162 Å². The van der Waals surface area contributed by atoms with E-state index in [0.29, 0.717) is 5.25 Å². The van der Waals surface area contributed by atoms with Crippen molar-refractivity contribution < 1.29 is 18.3 Å². The molecule has 0 spiro atoms. The Hall–Kier alpha value is -2.52. The summed E-state index contributed by atoms with van der Waals surface area (Å²) >= 11 is 1.77. The topological polar surface area (TPSA) is 38.3 Å². The predicted octanol–water partition coefficient (Wildman–Crippen LogP) is 4.21. The van der Waals surface area contributed by atoms with Gasteiger partial charge < -0.3 is 10.1 Å². The number of halogens is 2. The van der Waals surface area contributed by atoms with Gasteiger partial charge >= 0.3 is 0 Å². The Bertz CT molecular complexity index is 826. The lowest BCUT2D eigenvalue weighted by Crippen LogP contribution is -2.25. The molecule has 0 saturated carbocycles. The van der Waals surface area contributed by atoms with Crippen molar-refractivity contribution in [1.82, 2.24) is 5.32 Å². The second-order valence-electron chi connectivity index (χ2n) is 5.98. The van der Waals surface area contributed by atoms with Crippen LogP contribution in [0.4, 0.5) is 8.78 Å². The Balaban J connectivity index is 1.69. The van der Waals surface area contributed by atoms with Gasteiger partial charge in [-0.25, -0.2) is 8.78 Å². The van der Waals surface area contributed by atoms with Gasteiger partial charge in [0.15, 0.2) is 11.6 Å². The first-order valence-electron chi connectivity index (χ1n) is 8.50. The molecule has 2 aromatic carbocycles. The van der Waals surface area contributed by atoms with Crippen LogP contribution >= 0.6 is 11.8 Å². The van der Waals surface area contributed by atoms with Crippen LogP contribution in [0.1, 0.15) is 19.4 Å². The van der Waals surface area contributed by atoms with E-state index in [0.717, 1.165) is 17.7 Å². The summed E-state index contributed by atoms with van der Waals surface area (Å²) in [6, 6.07) is 11.0. The summed E-state index contributed by atoms with van der Waals surface area (Å²) in [7, 11) is 0. The molecule has 2 rings (SSSR count). The van der Waals surface area contributed by atoms with Crippen LogP contribution in [0.5, 0.6) is 5.75 Å². The van der Waals surface area contributed by atoms with Crippen molar-refractivity contribution in [2.45, 2.75) is 30.4 Å². The molecule has 0 atom stereocenters. The summed E-state index contributed by atoms with van der Waals surface area (Å²) in [4.78, 5) is 13.1. The minimum absolute atomic E-state index is 0.0482. The van der Waals surface area contributed by atoms with E-state index in [1.165, 1.54) is 11.0 Å². The zero-order valence-corrected chi connectivity index (χ0v) is 16.0. The van der Waals surface area contributed by atoms with Gasteiger partial charge in [-0.05, 0) is 29.8 Å². The lowest BCUT2D eigenvalue weighted by atomic mass is 10.1. The molecule has 0 aromatic heterocycles. The minimum Gasteiger partial charge on any atom is -0.478 e. The highest BCUT2D eigenvalue weighted by atomic mass is 32.2. The van der Waals surface area contributed by atoms with Crippen LogP contribution in [0.15, 0.2) is 47.4 Å². The zero-order valence-electron chi connectivity index (χ0n) is 15.2. The van der Waals surface area contributed by atoms with Gasteiger partial charge in [0.05, 0.1) is 13.0 Å². The largest absolute Gasteiger partial charge is 0.478 e. The number of amides is 1. The van der Waals surface area contributed by atoms with Gasteiger partial charge in [0.1, 0.15) is 12.4 Å². The number of ether oxygens (including phenoxy) is 1. The molecule has 0 heterocycles. The first kappa shape index (κ1) is 20.8. The highest BCUT2D eigenvalue weighted by Gasteiger charge is 2.04. The predicted molar refractivity (Wildman–Crippen MR) is 104 cm³/mol. The number of rotatable bonds is 7. The first-order chi connectivity index (χ1) is 12.9. The van der Waals surface area contributed by atoms with Crippen molar-refractivity contribution in [2.75, 3.05) is 13.2 Å². The standard InChI is InChI=1S/C21H21F2NO2S/c1-15(2)27-18-8-5-16(6-9-18)13-21(25)24-11-3-4-12-26-20-10-7-17(22)14-19(20)23/h5-10,14-15H,11-13H2,1-2H3,(H,24,25). The van der Waals surface area contributed by atoms with E-state index in [4.69, 9.17) is 4.74 Å².